The maximum atomic E-state index is 13.8. The van der Waals surface area contributed by atoms with Gasteiger partial charge in [0.25, 0.3) is 11.8 Å². The van der Waals surface area contributed by atoms with Crippen LogP contribution in [0.15, 0.2) is 42.5 Å². The highest BCUT2D eigenvalue weighted by molar-refractivity contribution is 5.95. The van der Waals surface area contributed by atoms with E-state index in [1.54, 1.807) is 40.1 Å². The van der Waals surface area contributed by atoms with Crippen molar-refractivity contribution in [1.82, 2.24) is 9.80 Å². The van der Waals surface area contributed by atoms with Gasteiger partial charge in [-0.2, -0.15) is 0 Å². The average molecular weight is 400 g/mol. The van der Waals surface area contributed by atoms with Gasteiger partial charge in [-0.05, 0) is 36.6 Å². The number of carbonyl (C=O) groups is 2. The molecule has 0 radical (unpaired) electrons. The number of carbonyl (C=O) groups excluding carboxylic acids is 2. The fraction of sp³-hybridized carbons (Fsp3) is 0.333. The summed E-state index contributed by atoms with van der Waals surface area (Å²) in [6.07, 6.45) is 1.01. The Labute approximate surface area is 166 Å². The third kappa shape index (κ3) is 3.68. The van der Waals surface area contributed by atoms with Gasteiger partial charge in [-0.25, -0.2) is 9.65 Å². The molecule has 0 atom stereocenters. The molecule has 2 fully saturated rings. The van der Waals surface area contributed by atoms with Crippen molar-refractivity contribution in [3.05, 3.63) is 53.8 Å². The lowest BCUT2D eigenvalue weighted by atomic mass is 10.0. The molecule has 1 saturated heterocycles. The highest BCUT2D eigenvalue weighted by Crippen LogP contribution is 2.37. The molecule has 1 aliphatic heterocycles. The number of benzene rings is 2. The molecule has 2 aromatic carbocycles. The van der Waals surface area contributed by atoms with Crippen LogP contribution >= 0.6 is 0 Å². The Hall–Kier alpha value is -2.97. The van der Waals surface area contributed by atoms with Crippen molar-refractivity contribution in [2.75, 3.05) is 26.2 Å². The Balaban J connectivity index is 1.43. The SMILES string of the molecule is O=C(c1ccc(-c2cccc(F)c2OO)cc1)N1CCN(C(=O)C2(O)CC2)CC1. The number of hydrogen-bond acceptors (Lipinski definition) is 5. The fourth-order valence-corrected chi connectivity index (χ4v) is 3.54. The van der Waals surface area contributed by atoms with Crippen molar-refractivity contribution in [3.8, 4) is 16.9 Å². The molecule has 0 aromatic heterocycles. The molecule has 2 amide bonds. The highest BCUT2D eigenvalue weighted by Gasteiger charge is 2.50. The second kappa shape index (κ2) is 7.46. The summed E-state index contributed by atoms with van der Waals surface area (Å²) in [7, 11) is 0. The quantitative estimate of drug-likeness (QED) is 0.606. The van der Waals surface area contributed by atoms with Crippen LogP contribution in [0.3, 0.4) is 0 Å². The van der Waals surface area contributed by atoms with Gasteiger partial charge < -0.3 is 19.8 Å². The summed E-state index contributed by atoms with van der Waals surface area (Å²) < 4.78 is 13.8. The number of hydrogen-bond donors (Lipinski definition) is 2. The monoisotopic (exact) mass is 400 g/mol. The Morgan fingerprint density at radius 1 is 0.966 bits per heavy atom. The number of halogens is 1. The van der Waals surface area contributed by atoms with Crippen molar-refractivity contribution in [1.29, 1.82) is 0 Å². The number of aliphatic hydroxyl groups is 1. The van der Waals surface area contributed by atoms with E-state index >= 15 is 0 Å². The lowest BCUT2D eigenvalue weighted by Gasteiger charge is -2.35. The van der Waals surface area contributed by atoms with Crippen LogP contribution in [0.2, 0.25) is 0 Å². The molecule has 1 heterocycles. The van der Waals surface area contributed by atoms with E-state index in [1.165, 1.54) is 12.1 Å². The summed E-state index contributed by atoms with van der Waals surface area (Å²) >= 11 is 0. The number of amides is 2. The van der Waals surface area contributed by atoms with E-state index in [1.807, 2.05) is 0 Å². The predicted molar refractivity (Wildman–Crippen MR) is 102 cm³/mol. The van der Waals surface area contributed by atoms with Gasteiger partial charge in [0, 0.05) is 37.3 Å². The van der Waals surface area contributed by atoms with Gasteiger partial charge in [-0.1, -0.05) is 24.3 Å². The largest absolute Gasteiger partial charge is 0.380 e. The Morgan fingerprint density at radius 3 is 2.17 bits per heavy atom. The van der Waals surface area contributed by atoms with Gasteiger partial charge in [0.15, 0.2) is 5.82 Å². The van der Waals surface area contributed by atoms with E-state index in [0.717, 1.165) is 0 Å². The van der Waals surface area contributed by atoms with Gasteiger partial charge in [0.05, 0.1) is 0 Å². The zero-order chi connectivity index (χ0) is 20.6. The van der Waals surface area contributed by atoms with Crippen molar-refractivity contribution < 1.29 is 29.2 Å². The third-order valence-electron chi connectivity index (χ3n) is 5.48. The molecule has 152 valence electrons. The van der Waals surface area contributed by atoms with Crippen LogP contribution in [-0.4, -0.2) is 63.8 Å². The third-order valence-corrected chi connectivity index (χ3v) is 5.48. The minimum atomic E-state index is -1.18. The summed E-state index contributed by atoms with van der Waals surface area (Å²) in [5.74, 6) is -1.37. The smallest absolute Gasteiger partial charge is 0.254 e. The van der Waals surface area contributed by atoms with Crippen LogP contribution in [0.1, 0.15) is 23.2 Å². The van der Waals surface area contributed by atoms with Gasteiger partial charge in [0.2, 0.25) is 5.75 Å². The maximum absolute atomic E-state index is 13.8. The molecule has 2 aromatic rings. The van der Waals surface area contributed by atoms with Crippen LogP contribution in [0.25, 0.3) is 11.1 Å². The van der Waals surface area contributed by atoms with Crippen LogP contribution in [0, 0.1) is 5.82 Å². The molecule has 0 unspecified atom stereocenters. The zero-order valence-electron chi connectivity index (χ0n) is 15.7. The number of rotatable bonds is 4. The van der Waals surface area contributed by atoms with E-state index < -0.39 is 11.4 Å². The molecule has 29 heavy (non-hydrogen) atoms. The van der Waals surface area contributed by atoms with Gasteiger partial charge >= 0.3 is 0 Å². The van der Waals surface area contributed by atoms with E-state index in [4.69, 9.17) is 5.26 Å². The van der Waals surface area contributed by atoms with Crippen LogP contribution in [-0.2, 0) is 4.79 Å². The number of piperazine rings is 1. The minimum absolute atomic E-state index is 0.161. The first-order valence-electron chi connectivity index (χ1n) is 9.44. The molecular weight excluding hydrogens is 379 g/mol. The molecule has 0 bridgehead atoms. The topological polar surface area (TPSA) is 90.3 Å². The second-order valence-electron chi connectivity index (χ2n) is 7.40. The summed E-state index contributed by atoms with van der Waals surface area (Å²) in [4.78, 5) is 32.4. The van der Waals surface area contributed by atoms with Crippen molar-refractivity contribution in [2.45, 2.75) is 18.4 Å². The Bertz CT molecular complexity index is 935. The molecule has 0 spiro atoms. The van der Waals surface area contributed by atoms with Crippen molar-refractivity contribution >= 4 is 11.8 Å². The van der Waals surface area contributed by atoms with Crippen molar-refractivity contribution in [3.63, 3.8) is 0 Å². The zero-order valence-corrected chi connectivity index (χ0v) is 15.7. The first-order chi connectivity index (χ1) is 13.9. The van der Waals surface area contributed by atoms with Crippen LogP contribution in [0.5, 0.6) is 5.75 Å². The molecular formula is C21H21FN2O5. The fourth-order valence-electron chi connectivity index (χ4n) is 3.54. The van der Waals surface area contributed by atoms with E-state index in [0.29, 0.717) is 55.7 Å². The number of nitrogens with zero attached hydrogens (tertiary/aromatic N) is 2. The molecule has 1 saturated carbocycles. The molecule has 1 aliphatic carbocycles. The van der Waals surface area contributed by atoms with E-state index in [2.05, 4.69) is 4.89 Å². The second-order valence-corrected chi connectivity index (χ2v) is 7.40. The first kappa shape index (κ1) is 19.4. The maximum Gasteiger partial charge on any atom is 0.254 e. The van der Waals surface area contributed by atoms with Gasteiger partial charge in [0.1, 0.15) is 5.60 Å². The molecule has 2 N–H and O–H groups in total. The lowest BCUT2D eigenvalue weighted by molar-refractivity contribution is -0.143. The average Bonchev–Trinajstić information content (AvgIpc) is 3.51. The lowest BCUT2D eigenvalue weighted by Crippen LogP contribution is -2.53. The van der Waals surface area contributed by atoms with Crippen molar-refractivity contribution in [2.24, 2.45) is 0 Å². The Kier molecular flexibility index (Phi) is 4.97. The van der Waals surface area contributed by atoms with Crippen LogP contribution < -0.4 is 4.89 Å². The van der Waals surface area contributed by atoms with E-state index in [-0.39, 0.29) is 17.6 Å². The standard InChI is InChI=1S/C21H21FN2O5/c22-17-3-1-2-16(18(17)29-28)14-4-6-15(7-5-14)19(25)23-10-12-24(13-11-23)20(26)21(27)8-9-21/h1-7,27-28H,8-13H2. The van der Waals surface area contributed by atoms with Gasteiger partial charge in [-0.3, -0.25) is 9.59 Å². The first-order valence-corrected chi connectivity index (χ1v) is 9.44. The minimum Gasteiger partial charge on any atom is -0.380 e. The number of para-hydroxylation sites is 1. The van der Waals surface area contributed by atoms with Gasteiger partial charge in [-0.15, -0.1) is 0 Å². The Morgan fingerprint density at radius 2 is 1.59 bits per heavy atom. The summed E-state index contributed by atoms with van der Waals surface area (Å²) in [6, 6.07) is 10.9. The molecule has 4 rings (SSSR count). The predicted octanol–water partition coefficient (Wildman–Crippen LogP) is 2.15. The normalized spacial score (nSPS) is 17.8. The van der Waals surface area contributed by atoms with E-state index in [9.17, 15) is 19.1 Å². The highest BCUT2D eigenvalue weighted by atomic mass is 19.1. The summed E-state index contributed by atoms with van der Waals surface area (Å²) in [5, 5.41) is 18.9. The molecule has 2 aliphatic rings. The summed E-state index contributed by atoms with van der Waals surface area (Å²) in [6.45, 7) is 1.58. The molecule has 8 heteroatoms. The summed E-state index contributed by atoms with van der Waals surface area (Å²) in [5.41, 5.74) is 0.253. The van der Waals surface area contributed by atoms with Crippen LogP contribution in [0.4, 0.5) is 4.39 Å². The molecule has 7 nitrogen and oxygen atoms in total.